The normalized spacial score (nSPS) is 11.1. The lowest BCUT2D eigenvalue weighted by Crippen LogP contribution is -2.25. The second-order valence-electron chi connectivity index (χ2n) is 3.70. The number of nitrogens with zero attached hydrogens (tertiary/aromatic N) is 5. The van der Waals surface area contributed by atoms with Crippen molar-refractivity contribution in [2.45, 2.75) is 25.6 Å². The first kappa shape index (κ1) is 14.4. The van der Waals surface area contributed by atoms with Crippen LogP contribution in [0, 0.1) is 6.92 Å². The number of halogens is 2. The lowest BCUT2D eigenvalue weighted by molar-refractivity contribution is 0.0561. The van der Waals surface area contributed by atoms with Crippen LogP contribution in [-0.2, 0) is 0 Å². The number of aryl methyl sites for hydroxylation is 1. The number of thioether (sulfide) groups is 1. The van der Waals surface area contributed by atoms with E-state index in [-0.39, 0.29) is 5.69 Å². The maximum absolute atomic E-state index is 12.4. The zero-order valence-electron chi connectivity index (χ0n) is 10.7. The summed E-state index contributed by atoms with van der Waals surface area (Å²) in [5.74, 6) is 0.640. The largest absolute Gasteiger partial charge is 0.333 e. The third kappa shape index (κ3) is 2.95. The summed E-state index contributed by atoms with van der Waals surface area (Å²) in [5.41, 5.74) is 2.42. The highest BCUT2D eigenvalue weighted by Crippen LogP contribution is 2.15. The molecule has 0 aliphatic carbocycles. The zero-order valence-corrected chi connectivity index (χ0v) is 11.6. The van der Waals surface area contributed by atoms with E-state index in [9.17, 15) is 13.6 Å². The molecule has 108 valence electrons. The molecule has 2 heterocycles. The van der Waals surface area contributed by atoms with Gasteiger partial charge in [0.05, 0.1) is 0 Å². The average Bonchev–Trinajstić information content (AvgIpc) is 3.00. The Morgan fingerprint density at radius 3 is 2.85 bits per heavy atom. The number of aromatic nitrogens is 5. The number of carbonyl (C=O) groups excluding carboxylic acids is 1. The maximum Gasteiger partial charge on any atom is 0.333 e. The van der Waals surface area contributed by atoms with Crippen molar-refractivity contribution >= 4 is 17.7 Å². The first-order chi connectivity index (χ1) is 9.52. The van der Waals surface area contributed by atoms with Crippen molar-refractivity contribution < 1.29 is 13.6 Å². The molecule has 0 saturated heterocycles. The molecule has 0 unspecified atom stereocenters. The van der Waals surface area contributed by atoms with Gasteiger partial charge >= 0.3 is 6.55 Å². The predicted molar refractivity (Wildman–Crippen MR) is 68.3 cm³/mol. The van der Waals surface area contributed by atoms with Gasteiger partial charge in [0.15, 0.2) is 5.69 Å². The van der Waals surface area contributed by atoms with Crippen molar-refractivity contribution in [1.29, 1.82) is 0 Å². The highest BCUT2D eigenvalue weighted by atomic mass is 32.2. The Kier molecular flexibility index (Phi) is 4.32. The molecular formula is C10H12F2N6OS. The highest BCUT2D eigenvalue weighted by molar-refractivity contribution is 7.99. The Balaban J connectivity index is 2.16. The molecule has 2 aromatic heterocycles. The molecule has 7 nitrogen and oxygen atoms in total. The van der Waals surface area contributed by atoms with Gasteiger partial charge in [0.25, 0.3) is 5.91 Å². The monoisotopic (exact) mass is 302 g/mol. The first-order valence-corrected chi connectivity index (χ1v) is 6.71. The number of hydrogen-bond donors (Lipinski definition) is 1. The molecule has 0 fully saturated rings. The van der Waals surface area contributed by atoms with Crippen LogP contribution >= 0.6 is 11.8 Å². The quantitative estimate of drug-likeness (QED) is 0.850. The summed E-state index contributed by atoms with van der Waals surface area (Å²) >= 11 is 1.40. The molecule has 0 bridgehead atoms. The van der Waals surface area contributed by atoms with E-state index >= 15 is 0 Å². The molecule has 0 aromatic carbocycles. The summed E-state index contributed by atoms with van der Waals surface area (Å²) in [4.78, 5) is 11.9. The van der Waals surface area contributed by atoms with Gasteiger partial charge in [0.2, 0.25) is 5.16 Å². The molecule has 10 heteroatoms. The van der Waals surface area contributed by atoms with Crippen LogP contribution in [0.15, 0.2) is 17.4 Å². The van der Waals surface area contributed by atoms with Crippen LogP contribution in [0.25, 0.3) is 0 Å². The van der Waals surface area contributed by atoms with Crippen LogP contribution in [-0.4, -0.2) is 36.3 Å². The van der Waals surface area contributed by atoms with E-state index in [2.05, 4.69) is 20.7 Å². The number of amides is 1. The molecule has 0 aliphatic heterocycles. The third-order valence-corrected chi connectivity index (χ3v) is 3.13. The van der Waals surface area contributed by atoms with Gasteiger partial charge in [-0.2, -0.15) is 13.9 Å². The molecule has 0 radical (unpaired) electrons. The number of nitrogens with one attached hydrogen (secondary N) is 1. The van der Waals surface area contributed by atoms with Crippen molar-refractivity contribution in [2.75, 3.05) is 11.2 Å². The van der Waals surface area contributed by atoms with Gasteiger partial charge in [-0.05, 0) is 18.7 Å². The summed E-state index contributed by atoms with van der Waals surface area (Å²) in [6.07, 6.45) is 1.04. The van der Waals surface area contributed by atoms with E-state index in [0.717, 1.165) is 11.9 Å². The number of carbonyl (C=O) groups is 1. The second kappa shape index (κ2) is 5.99. The second-order valence-corrected chi connectivity index (χ2v) is 4.93. The van der Waals surface area contributed by atoms with Crippen LogP contribution in [0.1, 0.15) is 29.8 Å². The van der Waals surface area contributed by atoms with E-state index in [4.69, 9.17) is 0 Å². The smallest absolute Gasteiger partial charge is 0.266 e. The van der Waals surface area contributed by atoms with E-state index < -0.39 is 12.5 Å². The van der Waals surface area contributed by atoms with Crippen molar-refractivity contribution in [3.63, 3.8) is 0 Å². The SMILES string of the molecule is CCSc1nnc(C)n1NC(=O)c1ccn(C(F)F)n1. The van der Waals surface area contributed by atoms with Crippen LogP contribution in [0.4, 0.5) is 8.78 Å². The van der Waals surface area contributed by atoms with Crippen molar-refractivity contribution in [3.05, 3.63) is 23.8 Å². The van der Waals surface area contributed by atoms with Gasteiger partial charge in [0.1, 0.15) is 5.82 Å². The lowest BCUT2D eigenvalue weighted by atomic mass is 10.4. The molecule has 0 saturated carbocycles. The number of hydrogen-bond acceptors (Lipinski definition) is 5. The predicted octanol–water partition coefficient (Wildman–Crippen LogP) is 1.67. The number of rotatable bonds is 5. The molecule has 0 spiro atoms. The summed E-state index contributed by atoms with van der Waals surface area (Å²) < 4.78 is 26.6. The topological polar surface area (TPSA) is 77.6 Å². The molecule has 20 heavy (non-hydrogen) atoms. The molecular weight excluding hydrogens is 290 g/mol. The van der Waals surface area contributed by atoms with Gasteiger partial charge < -0.3 is 0 Å². The molecule has 1 amide bonds. The van der Waals surface area contributed by atoms with E-state index in [1.54, 1.807) is 6.92 Å². The van der Waals surface area contributed by atoms with Crippen molar-refractivity contribution in [1.82, 2.24) is 24.7 Å². The maximum atomic E-state index is 12.4. The Morgan fingerprint density at radius 2 is 2.25 bits per heavy atom. The van der Waals surface area contributed by atoms with E-state index in [0.29, 0.717) is 15.7 Å². The van der Waals surface area contributed by atoms with Gasteiger partial charge in [-0.1, -0.05) is 18.7 Å². The summed E-state index contributed by atoms with van der Waals surface area (Å²) in [6.45, 7) is 0.829. The van der Waals surface area contributed by atoms with Crippen LogP contribution in [0.2, 0.25) is 0 Å². The summed E-state index contributed by atoms with van der Waals surface area (Å²) in [6, 6.07) is 1.22. The third-order valence-electron chi connectivity index (χ3n) is 2.32. The molecule has 2 rings (SSSR count). The van der Waals surface area contributed by atoms with E-state index in [1.807, 2.05) is 6.92 Å². The molecule has 2 aromatic rings. The van der Waals surface area contributed by atoms with Crippen molar-refractivity contribution in [3.8, 4) is 0 Å². The van der Waals surface area contributed by atoms with Crippen LogP contribution in [0.5, 0.6) is 0 Å². The Bertz CT molecular complexity index is 611. The van der Waals surface area contributed by atoms with Crippen molar-refractivity contribution in [2.24, 2.45) is 0 Å². The zero-order chi connectivity index (χ0) is 14.7. The Morgan fingerprint density at radius 1 is 1.50 bits per heavy atom. The van der Waals surface area contributed by atoms with Gasteiger partial charge in [-0.15, -0.1) is 10.2 Å². The van der Waals surface area contributed by atoms with E-state index in [1.165, 1.54) is 22.5 Å². The van der Waals surface area contributed by atoms with Gasteiger partial charge in [-0.3, -0.25) is 10.2 Å². The summed E-state index contributed by atoms with van der Waals surface area (Å²) in [5, 5.41) is 11.8. The van der Waals surface area contributed by atoms with Gasteiger partial charge in [0, 0.05) is 6.20 Å². The van der Waals surface area contributed by atoms with Crippen LogP contribution < -0.4 is 5.43 Å². The minimum atomic E-state index is -2.78. The summed E-state index contributed by atoms with van der Waals surface area (Å²) in [7, 11) is 0. The highest BCUT2D eigenvalue weighted by Gasteiger charge is 2.16. The van der Waals surface area contributed by atoms with Gasteiger partial charge in [-0.25, -0.2) is 9.36 Å². The molecule has 0 atom stereocenters. The number of alkyl halides is 2. The van der Waals surface area contributed by atoms with Crippen LogP contribution in [0.3, 0.4) is 0 Å². The lowest BCUT2D eigenvalue weighted by Gasteiger charge is -2.08. The minimum absolute atomic E-state index is 0.106. The standard InChI is InChI=1S/C10H12F2N6OS/c1-3-20-10-14-13-6(2)18(10)16-8(19)7-4-5-17(15-7)9(11)12/h4-5,9H,3H2,1-2H3,(H,16,19). The first-order valence-electron chi connectivity index (χ1n) is 5.72. The molecule has 0 aliphatic rings. The average molecular weight is 302 g/mol. The minimum Gasteiger partial charge on any atom is -0.266 e. The molecule has 1 N–H and O–H groups in total. The Hall–Kier alpha value is -1.97. The fourth-order valence-corrected chi connectivity index (χ4v) is 2.08. The fraction of sp³-hybridized carbons (Fsp3) is 0.400. The fourth-order valence-electron chi connectivity index (χ4n) is 1.42. The Labute approximate surface area is 117 Å².